The summed E-state index contributed by atoms with van der Waals surface area (Å²) >= 11 is 0. The van der Waals surface area contributed by atoms with Crippen molar-refractivity contribution in [3.05, 3.63) is 41.0 Å². The van der Waals surface area contributed by atoms with Crippen LogP contribution in [0.25, 0.3) is 6.08 Å². The summed E-state index contributed by atoms with van der Waals surface area (Å²) in [5.41, 5.74) is 1.70. The van der Waals surface area contributed by atoms with E-state index in [-0.39, 0.29) is 5.57 Å². The normalized spacial score (nSPS) is 12.1. The zero-order valence-corrected chi connectivity index (χ0v) is 10.2. The number of rotatable bonds is 3. The number of nitrogens with zero attached hydrogens (tertiary/aromatic N) is 2. The Balaban J connectivity index is 2.90. The summed E-state index contributed by atoms with van der Waals surface area (Å²) in [7, 11) is 0. The average Bonchev–Trinajstić information content (AvgIpc) is 2.37. The van der Waals surface area contributed by atoms with Crippen LogP contribution in [-0.4, -0.2) is 12.1 Å². The van der Waals surface area contributed by atoms with Gasteiger partial charge in [0.2, 0.25) is 0 Å². The van der Waals surface area contributed by atoms with Gasteiger partial charge in [0.05, 0.1) is 0 Å². The summed E-state index contributed by atoms with van der Waals surface area (Å²) in [4.78, 5) is 11.6. The van der Waals surface area contributed by atoms with Crippen molar-refractivity contribution < 1.29 is 9.53 Å². The molecule has 0 amide bonds. The number of benzene rings is 1. The molecule has 90 valence electrons. The van der Waals surface area contributed by atoms with Gasteiger partial charge in [0.25, 0.3) is 0 Å². The molecule has 1 atom stereocenters. The Morgan fingerprint density at radius 1 is 1.33 bits per heavy atom. The van der Waals surface area contributed by atoms with Crippen LogP contribution in [-0.2, 0) is 9.53 Å². The number of hydrogen-bond acceptors (Lipinski definition) is 4. The molecule has 1 aromatic rings. The van der Waals surface area contributed by atoms with E-state index < -0.39 is 12.1 Å². The first-order valence-corrected chi connectivity index (χ1v) is 5.36. The molecule has 4 nitrogen and oxygen atoms in total. The van der Waals surface area contributed by atoms with Gasteiger partial charge in [0.15, 0.2) is 6.10 Å². The molecule has 0 spiro atoms. The molecule has 0 aliphatic carbocycles. The van der Waals surface area contributed by atoms with Gasteiger partial charge in [-0.3, -0.25) is 0 Å². The van der Waals surface area contributed by atoms with Crippen molar-refractivity contribution in [3.8, 4) is 12.1 Å². The molecular formula is C14H12N2O2. The SMILES string of the molecule is Cc1ccc(/C=C(\C#N)C(=O)O[C@H](C)C#N)cc1. The van der Waals surface area contributed by atoms with E-state index in [2.05, 4.69) is 0 Å². The summed E-state index contributed by atoms with van der Waals surface area (Å²) < 4.78 is 4.76. The standard InChI is InChI=1S/C14H12N2O2/c1-10-3-5-12(6-4-10)7-13(9-16)14(17)18-11(2)8-15/h3-7,11H,1-2H3/b13-7+/t11-/m1/s1. The summed E-state index contributed by atoms with van der Waals surface area (Å²) in [5, 5.41) is 17.4. The smallest absolute Gasteiger partial charge is 0.350 e. The second-order valence-electron chi connectivity index (χ2n) is 3.76. The number of ether oxygens (including phenoxy) is 1. The molecule has 1 aromatic carbocycles. The summed E-state index contributed by atoms with van der Waals surface area (Å²) in [5.74, 6) is -0.785. The second kappa shape index (κ2) is 6.22. The summed E-state index contributed by atoms with van der Waals surface area (Å²) in [6, 6.07) is 10.9. The van der Waals surface area contributed by atoms with E-state index in [4.69, 9.17) is 15.3 Å². The molecule has 4 heteroatoms. The van der Waals surface area contributed by atoms with Crippen LogP contribution in [0.3, 0.4) is 0 Å². The van der Waals surface area contributed by atoms with Crippen molar-refractivity contribution in [2.24, 2.45) is 0 Å². The quantitative estimate of drug-likeness (QED) is 0.461. The maximum absolute atomic E-state index is 11.6. The highest BCUT2D eigenvalue weighted by Crippen LogP contribution is 2.10. The van der Waals surface area contributed by atoms with E-state index in [1.54, 1.807) is 24.3 Å². The van der Waals surface area contributed by atoms with Crippen molar-refractivity contribution >= 4 is 12.0 Å². The van der Waals surface area contributed by atoms with Crippen LogP contribution in [0.1, 0.15) is 18.1 Å². The monoisotopic (exact) mass is 240 g/mol. The Bertz CT molecular complexity index is 545. The number of esters is 1. The lowest BCUT2D eigenvalue weighted by Gasteiger charge is -2.04. The highest BCUT2D eigenvalue weighted by Gasteiger charge is 2.13. The van der Waals surface area contributed by atoms with E-state index >= 15 is 0 Å². The van der Waals surface area contributed by atoms with E-state index in [1.807, 2.05) is 19.1 Å². The van der Waals surface area contributed by atoms with Gasteiger partial charge < -0.3 is 4.74 Å². The number of carbonyl (C=O) groups excluding carboxylic acids is 1. The van der Waals surface area contributed by atoms with Gasteiger partial charge in [0.1, 0.15) is 17.7 Å². The lowest BCUT2D eigenvalue weighted by molar-refractivity contribution is -0.140. The lowest BCUT2D eigenvalue weighted by atomic mass is 10.1. The number of aryl methyl sites for hydroxylation is 1. The first kappa shape index (κ1) is 13.5. The first-order valence-electron chi connectivity index (χ1n) is 5.36. The molecule has 0 radical (unpaired) electrons. The van der Waals surface area contributed by atoms with Crippen LogP contribution in [0.15, 0.2) is 29.8 Å². The maximum Gasteiger partial charge on any atom is 0.350 e. The fourth-order valence-electron chi connectivity index (χ4n) is 1.22. The van der Waals surface area contributed by atoms with Crippen molar-refractivity contribution in [2.45, 2.75) is 20.0 Å². The van der Waals surface area contributed by atoms with Crippen LogP contribution in [0.2, 0.25) is 0 Å². The highest BCUT2D eigenvalue weighted by atomic mass is 16.5. The molecule has 0 bridgehead atoms. The first-order chi connectivity index (χ1) is 8.56. The third-order valence-corrected chi connectivity index (χ3v) is 2.19. The van der Waals surface area contributed by atoms with E-state index in [0.717, 1.165) is 11.1 Å². The Hall–Kier alpha value is -2.59. The van der Waals surface area contributed by atoms with Gasteiger partial charge in [-0.25, -0.2) is 4.79 Å². The molecule has 0 saturated heterocycles. The molecule has 0 aliphatic heterocycles. The highest BCUT2D eigenvalue weighted by molar-refractivity contribution is 5.98. The second-order valence-corrected chi connectivity index (χ2v) is 3.76. The molecule has 0 fully saturated rings. The van der Waals surface area contributed by atoms with Crippen LogP contribution in [0.4, 0.5) is 0 Å². The van der Waals surface area contributed by atoms with Crippen molar-refractivity contribution in [1.29, 1.82) is 10.5 Å². The average molecular weight is 240 g/mol. The lowest BCUT2D eigenvalue weighted by Crippen LogP contribution is -2.14. The maximum atomic E-state index is 11.6. The van der Waals surface area contributed by atoms with E-state index in [1.165, 1.54) is 13.0 Å². The largest absolute Gasteiger partial charge is 0.443 e. The Labute approximate surface area is 106 Å². The molecule has 0 heterocycles. The minimum absolute atomic E-state index is 0.124. The van der Waals surface area contributed by atoms with Crippen molar-refractivity contribution in [2.75, 3.05) is 0 Å². The topological polar surface area (TPSA) is 73.9 Å². The zero-order valence-electron chi connectivity index (χ0n) is 10.2. The molecule has 0 N–H and O–H groups in total. The van der Waals surface area contributed by atoms with Gasteiger partial charge in [-0.05, 0) is 25.5 Å². The Morgan fingerprint density at radius 3 is 2.44 bits per heavy atom. The van der Waals surface area contributed by atoms with Crippen LogP contribution in [0.5, 0.6) is 0 Å². The van der Waals surface area contributed by atoms with Crippen molar-refractivity contribution in [3.63, 3.8) is 0 Å². The molecule has 18 heavy (non-hydrogen) atoms. The molecule has 0 saturated carbocycles. The molecule has 0 aromatic heterocycles. The fourth-order valence-corrected chi connectivity index (χ4v) is 1.22. The molecule has 0 aliphatic rings. The number of carbonyl (C=O) groups is 1. The van der Waals surface area contributed by atoms with Gasteiger partial charge in [-0.15, -0.1) is 0 Å². The van der Waals surface area contributed by atoms with Crippen LogP contribution < -0.4 is 0 Å². The number of nitriles is 2. The number of hydrogen-bond donors (Lipinski definition) is 0. The molecule has 1 rings (SSSR count). The predicted molar refractivity (Wildman–Crippen MR) is 65.9 cm³/mol. The third-order valence-electron chi connectivity index (χ3n) is 2.19. The predicted octanol–water partition coefficient (Wildman–Crippen LogP) is 2.36. The zero-order chi connectivity index (χ0) is 13.5. The van der Waals surface area contributed by atoms with Crippen LogP contribution in [0, 0.1) is 29.6 Å². The van der Waals surface area contributed by atoms with Gasteiger partial charge in [0, 0.05) is 0 Å². The molecule has 0 unspecified atom stereocenters. The van der Waals surface area contributed by atoms with Gasteiger partial charge in [-0.1, -0.05) is 29.8 Å². The third kappa shape index (κ3) is 3.77. The van der Waals surface area contributed by atoms with E-state index in [9.17, 15) is 4.79 Å². The van der Waals surface area contributed by atoms with Gasteiger partial charge in [-0.2, -0.15) is 10.5 Å². The van der Waals surface area contributed by atoms with E-state index in [0.29, 0.717) is 0 Å². The molecular weight excluding hydrogens is 228 g/mol. The minimum Gasteiger partial charge on any atom is -0.443 e. The fraction of sp³-hybridized carbons (Fsp3) is 0.214. The van der Waals surface area contributed by atoms with Crippen LogP contribution >= 0.6 is 0 Å². The minimum atomic E-state index is -0.868. The Morgan fingerprint density at radius 2 is 1.94 bits per heavy atom. The summed E-state index contributed by atoms with van der Waals surface area (Å²) in [6.45, 7) is 3.39. The Kier molecular flexibility index (Phi) is 4.66. The summed E-state index contributed by atoms with van der Waals surface area (Å²) in [6.07, 6.45) is 0.568. The van der Waals surface area contributed by atoms with Gasteiger partial charge >= 0.3 is 5.97 Å². The van der Waals surface area contributed by atoms with Crippen molar-refractivity contribution in [1.82, 2.24) is 0 Å².